The average molecular weight is 395 g/mol. The van der Waals surface area contributed by atoms with E-state index in [4.69, 9.17) is 0 Å². The van der Waals surface area contributed by atoms with Crippen molar-refractivity contribution >= 4 is 26.6 Å². The van der Waals surface area contributed by atoms with Gasteiger partial charge in [0.05, 0.1) is 18.4 Å². The van der Waals surface area contributed by atoms with Crippen LogP contribution in [0.15, 0.2) is 65.8 Å². The molecule has 7 nitrogen and oxygen atoms in total. The lowest BCUT2D eigenvalue weighted by molar-refractivity contribution is 0.598. The quantitative estimate of drug-likeness (QED) is 0.542. The van der Waals surface area contributed by atoms with Gasteiger partial charge < -0.3 is 0 Å². The van der Waals surface area contributed by atoms with Crippen molar-refractivity contribution in [3.63, 3.8) is 0 Å². The van der Waals surface area contributed by atoms with E-state index in [1.165, 1.54) is 6.20 Å². The zero-order chi connectivity index (χ0) is 19.7. The molecule has 0 amide bonds. The third-order valence-electron chi connectivity index (χ3n) is 4.74. The minimum Gasteiger partial charge on any atom is -0.269 e. The lowest BCUT2D eigenvalue weighted by Crippen LogP contribution is -2.15. The van der Waals surface area contributed by atoms with E-state index in [1.807, 2.05) is 25.1 Å². The van der Waals surface area contributed by atoms with Crippen LogP contribution in [0.2, 0.25) is 0 Å². The highest BCUT2D eigenvalue weighted by atomic mass is 32.2. The number of aromatic nitrogens is 4. The summed E-state index contributed by atoms with van der Waals surface area (Å²) in [5.41, 5.74) is 1.72. The summed E-state index contributed by atoms with van der Waals surface area (Å²) in [5.74, 6) is 0.281. The molecular weight excluding hydrogens is 374 g/mol. The fraction of sp³-hybridized carbons (Fsp3) is 0.200. The molecule has 4 rings (SSSR count). The summed E-state index contributed by atoms with van der Waals surface area (Å²) >= 11 is 0. The summed E-state index contributed by atoms with van der Waals surface area (Å²) in [4.78, 5) is 0.165. The fourth-order valence-corrected chi connectivity index (χ4v) is 4.49. The number of hydrogen-bond acceptors (Lipinski definition) is 4. The van der Waals surface area contributed by atoms with E-state index in [0.29, 0.717) is 18.8 Å². The smallest absolute Gasteiger partial charge is 0.266 e. The number of hydrogen-bond donors (Lipinski definition) is 1. The van der Waals surface area contributed by atoms with Crippen molar-refractivity contribution < 1.29 is 8.42 Å². The molecule has 0 aliphatic rings. The molecule has 0 saturated heterocycles. The van der Waals surface area contributed by atoms with Gasteiger partial charge in [-0.3, -0.25) is 14.1 Å². The van der Waals surface area contributed by atoms with Crippen molar-refractivity contribution in [2.24, 2.45) is 0 Å². The van der Waals surface area contributed by atoms with Gasteiger partial charge in [-0.15, -0.1) is 0 Å². The number of anilines is 1. The van der Waals surface area contributed by atoms with Gasteiger partial charge in [-0.25, -0.2) is 8.42 Å². The Hall–Kier alpha value is -3.13. The molecule has 0 radical (unpaired) electrons. The summed E-state index contributed by atoms with van der Waals surface area (Å²) in [7, 11) is -3.74. The van der Waals surface area contributed by atoms with Crippen molar-refractivity contribution in [2.45, 2.75) is 31.8 Å². The third kappa shape index (κ3) is 3.38. The fourth-order valence-electron chi connectivity index (χ4n) is 3.31. The molecule has 2 aromatic carbocycles. The highest BCUT2D eigenvalue weighted by Gasteiger charge is 2.21. The SMILES string of the molecule is CCn1ncc(S(=O)(=O)Nc2ccn(Cc3cccc4ccccc34)n2)c1C. The summed E-state index contributed by atoms with van der Waals surface area (Å²) in [6.07, 6.45) is 3.14. The predicted octanol–water partition coefficient (Wildman–Crippen LogP) is 3.41. The highest BCUT2D eigenvalue weighted by molar-refractivity contribution is 7.92. The van der Waals surface area contributed by atoms with E-state index in [2.05, 4.69) is 39.2 Å². The molecule has 0 aliphatic carbocycles. The van der Waals surface area contributed by atoms with Gasteiger partial charge in [0.2, 0.25) is 0 Å². The minimum absolute atomic E-state index is 0.165. The number of aryl methyl sites for hydroxylation is 1. The van der Waals surface area contributed by atoms with Crippen LogP contribution in [0, 0.1) is 6.92 Å². The van der Waals surface area contributed by atoms with E-state index in [0.717, 1.165) is 16.3 Å². The first-order valence-electron chi connectivity index (χ1n) is 9.03. The van der Waals surface area contributed by atoms with Crippen LogP contribution in [0.25, 0.3) is 10.8 Å². The van der Waals surface area contributed by atoms with Crippen LogP contribution in [-0.4, -0.2) is 28.0 Å². The molecule has 4 aromatic rings. The summed E-state index contributed by atoms with van der Waals surface area (Å²) in [6.45, 7) is 4.82. The van der Waals surface area contributed by atoms with Gasteiger partial charge in [-0.05, 0) is 30.2 Å². The van der Waals surface area contributed by atoms with Gasteiger partial charge in [0, 0.05) is 18.8 Å². The van der Waals surface area contributed by atoms with Crippen LogP contribution < -0.4 is 4.72 Å². The maximum absolute atomic E-state index is 12.7. The number of rotatable bonds is 6. The standard InChI is InChI=1S/C20H21N5O2S/c1-3-25-15(2)19(13-21-25)28(26,27)23-20-11-12-24(22-20)14-17-9-6-8-16-7-4-5-10-18(16)17/h4-13H,3,14H2,1-2H3,(H,22,23). The van der Waals surface area contributed by atoms with Crippen LogP contribution in [0.4, 0.5) is 5.82 Å². The Balaban J connectivity index is 1.57. The first-order valence-corrected chi connectivity index (χ1v) is 10.5. The second kappa shape index (κ2) is 7.12. The summed E-state index contributed by atoms with van der Waals surface area (Å²) in [6, 6.07) is 16.0. The molecule has 0 bridgehead atoms. The number of sulfonamides is 1. The first-order chi connectivity index (χ1) is 13.5. The first kappa shape index (κ1) is 18.2. The molecule has 0 spiro atoms. The van der Waals surface area contributed by atoms with Gasteiger partial charge in [0.15, 0.2) is 5.82 Å². The Morgan fingerprint density at radius 1 is 1.07 bits per heavy atom. The maximum atomic E-state index is 12.7. The Bertz CT molecular complexity index is 1240. The van der Waals surface area contributed by atoms with Crippen molar-refractivity contribution in [2.75, 3.05) is 4.72 Å². The number of fused-ring (bicyclic) bond motifs is 1. The Labute approximate surface area is 163 Å². The second-order valence-electron chi connectivity index (χ2n) is 6.55. The van der Waals surface area contributed by atoms with Gasteiger partial charge in [-0.2, -0.15) is 10.2 Å². The average Bonchev–Trinajstić information content (AvgIpc) is 3.28. The molecule has 0 atom stereocenters. The van der Waals surface area contributed by atoms with Gasteiger partial charge in [-0.1, -0.05) is 42.5 Å². The van der Waals surface area contributed by atoms with E-state index >= 15 is 0 Å². The maximum Gasteiger partial charge on any atom is 0.266 e. The predicted molar refractivity (Wildman–Crippen MR) is 109 cm³/mol. The monoisotopic (exact) mass is 395 g/mol. The minimum atomic E-state index is -3.74. The van der Waals surface area contributed by atoms with Gasteiger partial charge >= 0.3 is 0 Å². The highest BCUT2D eigenvalue weighted by Crippen LogP contribution is 2.21. The van der Waals surface area contributed by atoms with Crippen LogP contribution in [0.5, 0.6) is 0 Å². The molecule has 2 heterocycles. The molecular formula is C20H21N5O2S. The van der Waals surface area contributed by atoms with Crippen molar-refractivity contribution in [1.29, 1.82) is 0 Å². The van der Waals surface area contributed by atoms with Crippen LogP contribution in [-0.2, 0) is 23.1 Å². The lowest BCUT2D eigenvalue weighted by Gasteiger charge is -2.07. The molecule has 1 N–H and O–H groups in total. The molecule has 0 unspecified atom stereocenters. The molecule has 0 saturated carbocycles. The van der Waals surface area contributed by atoms with E-state index in [1.54, 1.807) is 28.6 Å². The van der Waals surface area contributed by atoms with Crippen molar-refractivity contribution in [3.05, 3.63) is 72.2 Å². The number of benzene rings is 2. The van der Waals surface area contributed by atoms with Crippen molar-refractivity contribution in [3.8, 4) is 0 Å². The van der Waals surface area contributed by atoms with E-state index < -0.39 is 10.0 Å². The van der Waals surface area contributed by atoms with Crippen LogP contribution in [0.3, 0.4) is 0 Å². The second-order valence-corrected chi connectivity index (χ2v) is 8.20. The molecule has 2 aromatic heterocycles. The Morgan fingerprint density at radius 3 is 2.64 bits per heavy atom. The molecule has 0 aliphatic heterocycles. The molecule has 144 valence electrons. The summed E-state index contributed by atoms with van der Waals surface area (Å²) < 4.78 is 31.3. The van der Waals surface area contributed by atoms with Gasteiger partial charge in [0.25, 0.3) is 10.0 Å². The Morgan fingerprint density at radius 2 is 1.86 bits per heavy atom. The normalized spacial score (nSPS) is 11.8. The lowest BCUT2D eigenvalue weighted by atomic mass is 10.0. The zero-order valence-electron chi connectivity index (χ0n) is 15.7. The zero-order valence-corrected chi connectivity index (χ0v) is 16.5. The molecule has 0 fully saturated rings. The Kier molecular flexibility index (Phi) is 4.64. The van der Waals surface area contributed by atoms with Crippen LogP contribution >= 0.6 is 0 Å². The molecule has 28 heavy (non-hydrogen) atoms. The molecule has 8 heteroatoms. The largest absolute Gasteiger partial charge is 0.269 e. The van der Waals surface area contributed by atoms with Crippen LogP contribution in [0.1, 0.15) is 18.2 Å². The number of nitrogens with one attached hydrogen (secondary N) is 1. The number of nitrogens with zero attached hydrogens (tertiary/aromatic N) is 4. The third-order valence-corrected chi connectivity index (χ3v) is 6.20. The van der Waals surface area contributed by atoms with E-state index in [9.17, 15) is 8.42 Å². The summed E-state index contributed by atoms with van der Waals surface area (Å²) in [5, 5.41) is 10.8. The van der Waals surface area contributed by atoms with E-state index in [-0.39, 0.29) is 10.7 Å². The van der Waals surface area contributed by atoms with Crippen molar-refractivity contribution in [1.82, 2.24) is 19.6 Å². The topological polar surface area (TPSA) is 81.8 Å². The van der Waals surface area contributed by atoms with Gasteiger partial charge in [0.1, 0.15) is 4.90 Å².